The summed E-state index contributed by atoms with van der Waals surface area (Å²) < 4.78 is 16.7. The zero-order valence-corrected chi connectivity index (χ0v) is 40.4. The first-order valence-electron chi connectivity index (χ1n) is 25.6. The Morgan fingerprint density at radius 1 is 0.339 bits per heavy atom. The van der Waals surface area contributed by atoms with Crippen LogP contribution in [-0.4, -0.2) is 37.2 Å². The van der Waals surface area contributed by atoms with Gasteiger partial charge in [0, 0.05) is 19.3 Å². The molecule has 0 heterocycles. The average molecular weight is 863 g/mol. The molecular weight excluding hydrogens is 769 g/mol. The van der Waals surface area contributed by atoms with Gasteiger partial charge in [-0.05, 0) is 96.3 Å². The smallest absolute Gasteiger partial charge is 0.306 e. The van der Waals surface area contributed by atoms with E-state index in [2.05, 4.69) is 106 Å². The van der Waals surface area contributed by atoms with Gasteiger partial charge in [-0.2, -0.15) is 0 Å². The summed E-state index contributed by atoms with van der Waals surface area (Å²) in [6, 6.07) is 0. The minimum atomic E-state index is -0.796. The van der Waals surface area contributed by atoms with Crippen molar-refractivity contribution in [3.63, 3.8) is 0 Å². The minimum Gasteiger partial charge on any atom is -0.462 e. The van der Waals surface area contributed by atoms with Crippen molar-refractivity contribution in [2.75, 3.05) is 13.2 Å². The van der Waals surface area contributed by atoms with Gasteiger partial charge < -0.3 is 14.2 Å². The first-order valence-corrected chi connectivity index (χ1v) is 25.6. The molecule has 0 unspecified atom stereocenters. The molecule has 0 saturated heterocycles. The molecule has 0 spiro atoms. The molecule has 0 fully saturated rings. The molecule has 0 amide bonds. The fraction of sp³-hybridized carbons (Fsp3) is 0.696. The maximum Gasteiger partial charge on any atom is 0.306 e. The van der Waals surface area contributed by atoms with Gasteiger partial charge in [0.1, 0.15) is 13.2 Å². The molecule has 0 radical (unpaired) electrons. The summed E-state index contributed by atoms with van der Waals surface area (Å²) in [5, 5.41) is 0. The third kappa shape index (κ3) is 47.6. The van der Waals surface area contributed by atoms with Crippen molar-refractivity contribution in [1.82, 2.24) is 0 Å². The summed E-state index contributed by atoms with van der Waals surface area (Å²) in [5.74, 6) is -0.946. The first-order chi connectivity index (χ1) is 30.5. The van der Waals surface area contributed by atoms with Crippen molar-refractivity contribution in [2.45, 2.75) is 239 Å². The number of unbranched alkanes of at least 4 members (excludes halogenated alkanes) is 20. The SMILES string of the molecule is CC/C=C\C/C=C\C/C=C\CCCCCCCC(=O)O[C@@H](COC(=O)CCCCC/C=C\C/C=C\C/C=C\C/C=C\CCCCC)COC(=O)CCCCCCCCCCCC. The summed E-state index contributed by atoms with van der Waals surface area (Å²) in [5.41, 5.74) is 0. The van der Waals surface area contributed by atoms with E-state index < -0.39 is 6.10 Å². The van der Waals surface area contributed by atoms with E-state index in [4.69, 9.17) is 14.2 Å². The number of hydrogen-bond donors (Lipinski definition) is 0. The Kier molecular flexibility index (Phi) is 47.5. The minimum absolute atomic E-state index is 0.0934. The standard InChI is InChI=1S/C56H94O6/c1-4-7-10-13-16-19-22-24-26-27-28-29-31-32-34-37-40-43-46-49-55(58)61-52-53(51-60-54(57)48-45-42-39-36-21-18-15-12-9-6-3)62-56(59)50-47-44-41-38-35-33-30-25-23-20-17-14-11-8-5-2/h8,11,16-17,19-20,24-26,28-30,32,34,53H,4-7,9-10,12-15,18,21-23,27,31,33,35-52H2,1-3H3/b11-8-,19-16-,20-17-,26-24-,29-28-,30-25-,34-32-/t53-/m1/s1. The van der Waals surface area contributed by atoms with Gasteiger partial charge in [-0.15, -0.1) is 0 Å². The lowest BCUT2D eigenvalue weighted by Crippen LogP contribution is -2.30. The van der Waals surface area contributed by atoms with Gasteiger partial charge in [0.15, 0.2) is 6.10 Å². The van der Waals surface area contributed by atoms with Gasteiger partial charge in [-0.25, -0.2) is 0 Å². The lowest BCUT2D eigenvalue weighted by molar-refractivity contribution is -0.167. The van der Waals surface area contributed by atoms with Crippen LogP contribution in [0.5, 0.6) is 0 Å². The van der Waals surface area contributed by atoms with Crippen LogP contribution in [-0.2, 0) is 28.6 Å². The molecule has 0 aromatic carbocycles. The zero-order valence-electron chi connectivity index (χ0n) is 40.4. The Hall–Kier alpha value is -3.41. The van der Waals surface area contributed by atoms with Gasteiger partial charge in [-0.3, -0.25) is 14.4 Å². The van der Waals surface area contributed by atoms with Crippen LogP contribution in [0.25, 0.3) is 0 Å². The molecule has 0 aliphatic heterocycles. The number of carbonyl (C=O) groups is 3. The lowest BCUT2D eigenvalue weighted by atomic mass is 10.1. The molecular formula is C56H94O6. The molecule has 0 aliphatic rings. The molecule has 62 heavy (non-hydrogen) atoms. The van der Waals surface area contributed by atoms with Crippen molar-refractivity contribution in [1.29, 1.82) is 0 Å². The second-order valence-electron chi connectivity index (χ2n) is 16.7. The number of allylic oxidation sites excluding steroid dienone is 14. The van der Waals surface area contributed by atoms with E-state index in [1.165, 1.54) is 70.6 Å². The van der Waals surface area contributed by atoms with Gasteiger partial charge in [0.05, 0.1) is 0 Å². The second-order valence-corrected chi connectivity index (χ2v) is 16.7. The third-order valence-electron chi connectivity index (χ3n) is 10.6. The number of ether oxygens (including phenoxy) is 3. The third-order valence-corrected chi connectivity index (χ3v) is 10.6. The van der Waals surface area contributed by atoms with Gasteiger partial charge >= 0.3 is 17.9 Å². The number of esters is 3. The molecule has 6 heteroatoms. The summed E-state index contributed by atoms with van der Waals surface area (Å²) in [6.45, 7) is 6.44. The van der Waals surface area contributed by atoms with Crippen LogP contribution < -0.4 is 0 Å². The molecule has 0 rings (SSSR count). The number of hydrogen-bond acceptors (Lipinski definition) is 6. The number of carbonyl (C=O) groups excluding carboxylic acids is 3. The van der Waals surface area contributed by atoms with Crippen LogP contribution in [0.3, 0.4) is 0 Å². The highest BCUT2D eigenvalue weighted by molar-refractivity contribution is 5.71. The fourth-order valence-corrected chi connectivity index (χ4v) is 6.79. The molecule has 0 aliphatic carbocycles. The van der Waals surface area contributed by atoms with Crippen molar-refractivity contribution in [2.24, 2.45) is 0 Å². The van der Waals surface area contributed by atoms with Crippen LogP contribution in [0.4, 0.5) is 0 Å². The van der Waals surface area contributed by atoms with Crippen molar-refractivity contribution in [3.8, 4) is 0 Å². The van der Waals surface area contributed by atoms with E-state index in [1.807, 2.05) is 0 Å². The molecule has 1 atom stereocenters. The summed E-state index contributed by atoms with van der Waals surface area (Å²) >= 11 is 0. The molecule has 6 nitrogen and oxygen atoms in total. The summed E-state index contributed by atoms with van der Waals surface area (Å²) in [6.07, 6.45) is 64.2. The maximum atomic E-state index is 12.8. The Labute approximate surface area is 382 Å². The van der Waals surface area contributed by atoms with Crippen LogP contribution in [0.2, 0.25) is 0 Å². The Balaban J connectivity index is 4.44. The monoisotopic (exact) mass is 863 g/mol. The molecule has 0 aromatic rings. The number of rotatable bonds is 45. The topological polar surface area (TPSA) is 78.9 Å². The van der Waals surface area contributed by atoms with Crippen molar-refractivity contribution in [3.05, 3.63) is 85.1 Å². The van der Waals surface area contributed by atoms with Crippen LogP contribution in [0.15, 0.2) is 85.1 Å². The predicted octanol–water partition coefficient (Wildman–Crippen LogP) is 16.8. The molecule has 354 valence electrons. The Morgan fingerprint density at radius 3 is 1.03 bits per heavy atom. The van der Waals surface area contributed by atoms with E-state index >= 15 is 0 Å². The zero-order chi connectivity index (χ0) is 45.1. The lowest BCUT2D eigenvalue weighted by Gasteiger charge is -2.18. The first kappa shape index (κ1) is 58.6. The second kappa shape index (κ2) is 50.2. The van der Waals surface area contributed by atoms with E-state index in [1.54, 1.807) is 0 Å². The van der Waals surface area contributed by atoms with Crippen molar-refractivity contribution >= 4 is 17.9 Å². The van der Waals surface area contributed by atoms with E-state index in [0.717, 1.165) is 122 Å². The normalized spacial score (nSPS) is 12.8. The van der Waals surface area contributed by atoms with E-state index in [-0.39, 0.29) is 31.1 Å². The van der Waals surface area contributed by atoms with Gasteiger partial charge in [0.2, 0.25) is 0 Å². The van der Waals surface area contributed by atoms with Crippen LogP contribution in [0.1, 0.15) is 233 Å². The Morgan fingerprint density at radius 2 is 0.629 bits per heavy atom. The van der Waals surface area contributed by atoms with Gasteiger partial charge in [0.25, 0.3) is 0 Å². The fourth-order valence-electron chi connectivity index (χ4n) is 6.79. The summed E-state index contributed by atoms with van der Waals surface area (Å²) in [7, 11) is 0. The Bertz CT molecular complexity index is 1220. The van der Waals surface area contributed by atoms with Crippen molar-refractivity contribution < 1.29 is 28.6 Å². The quantitative estimate of drug-likeness (QED) is 0.0263. The van der Waals surface area contributed by atoms with E-state index in [9.17, 15) is 14.4 Å². The molecule has 0 aromatic heterocycles. The van der Waals surface area contributed by atoms with Crippen LogP contribution >= 0.6 is 0 Å². The molecule has 0 N–H and O–H groups in total. The highest BCUT2D eigenvalue weighted by Crippen LogP contribution is 2.14. The highest BCUT2D eigenvalue weighted by atomic mass is 16.6. The maximum absolute atomic E-state index is 12.8. The van der Waals surface area contributed by atoms with Crippen LogP contribution in [0, 0.1) is 0 Å². The van der Waals surface area contributed by atoms with Gasteiger partial charge in [-0.1, -0.05) is 202 Å². The predicted molar refractivity (Wildman–Crippen MR) is 265 cm³/mol. The van der Waals surface area contributed by atoms with E-state index in [0.29, 0.717) is 19.3 Å². The highest BCUT2D eigenvalue weighted by Gasteiger charge is 2.19. The summed E-state index contributed by atoms with van der Waals surface area (Å²) in [4.78, 5) is 37.9. The molecule has 0 bridgehead atoms. The molecule has 0 saturated carbocycles. The largest absolute Gasteiger partial charge is 0.462 e. The average Bonchev–Trinajstić information content (AvgIpc) is 3.27.